The molecule has 3 aromatic carbocycles. The van der Waals surface area contributed by atoms with Crippen LogP contribution < -0.4 is 5.56 Å². The van der Waals surface area contributed by atoms with Gasteiger partial charge >= 0.3 is 0 Å². The minimum atomic E-state index is -0.779. The lowest BCUT2D eigenvalue weighted by molar-refractivity contribution is 0.101. The maximum Gasteiger partial charge on any atom is 0.261 e. The highest BCUT2D eigenvalue weighted by Gasteiger charge is 2.16. The van der Waals surface area contributed by atoms with Crippen molar-refractivity contribution < 1.29 is 13.6 Å². The smallest absolute Gasteiger partial charge is 0.261 e. The molecule has 0 aliphatic carbocycles. The number of thioether (sulfide) groups is 1. The molecule has 0 unspecified atom stereocenters. The van der Waals surface area contributed by atoms with Crippen molar-refractivity contribution in [2.45, 2.75) is 5.16 Å². The molecular weight excluding hydrogens is 382 g/mol. The molecule has 0 radical (unpaired) electrons. The molecule has 0 amide bonds. The number of aromatic nitrogens is 2. The second-order valence-corrected chi connectivity index (χ2v) is 7.25. The molecule has 4 nitrogen and oxygen atoms in total. The SMILES string of the molecule is Cn1c(SCC(=O)c2cc(F)ccc2F)nc2cc3ccccc3cc2c1=O. The van der Waals surface area contributed by atoms with Gasteiger partial charge in [-0.1, -0.05) is 36.0 Å². The fraction of sp³-hybridized carbons (Fsp3) is 0.0952. The normalized spacial score (nSPS) is 11.2. The third-order valence-electron chi connectivity index (χ3n) is 4.46. The minimum absolute atomic E-state index is 0.167. The number of benzene rings is 3. The van der Waals surface area contributed by atoms with Gasteiger partial charge in [-0.15, -0.1) is 0 Å². The van der Waals surface area contributed by atoms with Gasteiger partial charge < -0.3 is 0 Å². The monoisotopic (exact) mass is 396 g/mol. The number of ketones is 1. The summed E-state index contributed by atoms with van der Waals surface area (Å²) in [7, 11) is 1.57. The number of fused-ring (bicyclic) bond motifs is 2. The number of nitrogens with zero attached hydrogens (tertiary/aromatic N) is 2. The summed E-state index contributed by atoms with van der Waals surface area (Å²) < 4.78 is 28.4. The van der Waals surface area contributed by atoms with Gasteiger partial charge in [0.1, 0.15) is 11.6 Å². The molecule has 28 heavy (non-hydrogen) atoms. The molecule has 0 aliphatic rings. The van der Waals surface area contributed by atoms with Crippen molar-refractivity contribution in [1.82, 2.24) is 9.55 Å². The van der Waals surface area contributed by atoms with Crippen molar-refractivity contribution in [3.63, 3.8) is 0 Å². The maximum absolute atomic E-state index is 13.8. The molecule has 0 N–H and O–H groups in total. The van der Waals surface area contributed by atoms with Crippen molar-refractivity contribution in [2.24, 2.45) is 7.05 Å². The van der Waals surface area contributed by atoms with Crippen molar-refractivity contribution in [2.75, 3.05) is 5.75 Å². The minimum Gasteiger partial charge on any atom is -0.293 e. The number of hydrogen-bond donors (Lipinski definition) is 0. The van der Waals surface area contributed by atoms with Crippen LogP contribution in [0.4, 0.5) is 8.78 Å². The summed E-state index contributed by atoms with van der Waals surface area (Å²) in [6.45, 7) is 0. The Bertz CT molecular complexity index is 1300. The van der Waals surface area contributed by atoms with E-state index in [-0.39, 0.29) is 16.9 Å². The van der Waals surface area contributed by atoms with Gasteiger partial charge in [-0.05, 0) is 41.1 Å². The summed E-state index contributed by atoms with van der Waals surface area (Å²) in [5.41, 5.74) is -0.0272. The van der Waals surface area contributed by atoms with Gasteiger partial charge in [0.15, 0.2) is 10.9 Å². The van der Waals surface area contributed by atoms with Gasteiger partial charge in [0.2, 0.25) is 0 Å². The molecule has 0 atom stereocenters. The number of hydrogen-bond acceptors (Lipinski definition) is 4. The van der Waals surface area contributed by atoms with Gasteiger partial charge in [-0.25, -0.2) is 13.8 Å². The predicted octanol–water partition coefficient (Wildman–Crippen LogP) is 4.34. The largest absolute Gasteiger partial charge is 0.293 e. The van der Waals surface area contributed by atoms with Crippen LogP contribution in [0.5, 0.6) is 0 Å². The van der Waals surface area contributed by atoms with E-state index >= 15 is 0 Å². The highest BCUT2D eigenvalue weighted by Crippen LogP contribution is 2.23. The van der Waals surface area contributed by atoms with E-state index in [0.29, 0.717) is 16.1 Å². The van der Waals surface area contributed by atoms with Crippen molar-refractivity contribution >= 4 is 39.2 Å². The number of carbonyl (C=O) groups is 1. The third-order valence-corrected chi connectivity index (χ3v) is 5.49. The first-order valence-corrected chi connectivity index (χ1v) is 9.43. The Balaban J connectivity index is 1.69. The van der Waals surface area contributed by atoms with Crippen LogP contribution in [0.2, 0.25) is 0 Å². The summed E-state index contributed by atoms with van der Waals surface area (Å²) in [6, 6.07) is 14.0. The fourth-order valence-electron chi connectivity index (χ4n) is 2.99. The molecule has 140 valence electrons. The molecule has 4 rings (SSSR count). The first-order chi connectivity index (χ1) is 13.4. The summed E-state index contributed by atoms with van der Waals surface area (Å²) >= 11 is 1.01. The predicted molar refractivity (Wildman–Crippen MR) is 106 cm³/mol. The van der Waals surface area contributed by atoms with E-state index in [0.717, 1.165) is 40.7 Å². The van der Waals surface area contributed by atoms with Crippen molar-refractivity contribution in [3.05, 3.63) is 82.1 Å². The fourth-order valence-corrected chi connectivity index (χ4v) is 3.84. The average molecular weight is 396 g/mol. The third kappa shape index (κ3) is 3.29. The van der Waals surface area contributed by atoms with Gasteiger partial charge in [0, 0.05) is 7.05 Å². The number of carbonyl (C=O) groups excluding carboxylic acids is 1. The molecule has 7 heteroatoms. The van der Waals surface area contributed by atoms with Gasteiger partial charge in [-0.2, -0.15) is 0 Å². The Hall–Kier alpha value is -3.06. The van der Waals surface area contributed by atoms with E-state index < -0.39 is 17.4 Å². The van der Waals surface area contributed by atoms with E-state index in [4.69, 9.17) is 0 Å². The van der Waals surface area contributed by atoms with Crippen LogP contribution in [0.3, 0.4) is 0 Å². The van der Waals surface area contributed by atoms with Crippen LogP contribution in [0.15, 0.2) is 64.5 Å². The summed E-state index contributed by atoms with van der Waals surface area (Å²) in [6.07, 6.45) is 0. The maximum atomic E-state index is 13.8. The molecular formula is C21H14F2N2O2S. The lowest BCUT2D eigenvalue weighted by Crippen LogP contribution is -2.20. The van der Waals surface area contributed by atoms with E-state index in [1.54, 1.807) is 13.1 Å². The molecule has 1 aromatic heterocycles. The molecule has 0 saturated carbocycles. The van der Waals surface area contributed by atoms with E-state index in [1.807, 2.05) is 30.3 Å². The summed E-state index contributed by atoms with van der Waals surface area (Å²) in [5, 5.41) is 2.70. The molecule has 0 spiro atoms. The van der Waals surface area contributed by atoms with E-state index in [2.05, 4.69) is 4.98 Å². The van der Waals surface area contributed by atoms with Gasteiger partial charge in [0.25, 0.3) is 5.56 Å². The van der Waals surface area contributed by atoms with Gasteiger partial charge in [0.05, 0.1) is 22.2 Å². The van der Waals surface area contributed by atoms with Crippen LogP contribution >= 0.6 is 11.8 Å². The number of rotatable bonds is 4. The molecule has 0 bridgehead atoms. The lowest BCUT2D eigenvalue weighted by Gasteiger charge is -2.09. The van der Waals surface area contributed by atoms with Crippen LogP contribution in [0, 0.1) is 11.6 Å². The van der Waals surface area contributed by atoms with Crippen molar-refractivity contribution in [3.8, 4) is 0 Å². The number of halogens is 2. The Morgan fingerprint density at radius 1 is 1.07 bits per heavy atom. The Morgan fingerprint density at radius 2 is 1.79 bits per heavy atom. The Kier molecular flexibility index (Phi) is 4.68. The zero-order chi connectivity index (χ0) is 19.8. The molecule has 0 aliphatic heterocycles. The highest BCUT2D eigenvalue weighted by molar-refractivity contribution is 7.99. The Labute approximate surface area is 162 Å². The molecule has 4 aromatic rings. The summed E-state index contributed by atoms with van der Waals surface area (Å²) in [4.78, 5) is 29.5. The first kappa shape index (κ1) is 18.3. The molecule has 0 saturated heterocycles. The zero-order valence-corrected chi connectivity index (χ0v) is 15.6. The van der Waals surface area contributed by atoms with Crippen LogP contribution in [0.25, 0.3) is 21.7 Å². The summed E-state index contributed by atoms with van der Waals surface area (Å²) in [5.74, 6) is -2.20. The Morgan fingerprint density at radius 3 is 2.54 bits per heavy atom. The highest BCUT2D eigenvalue weighted by atomic mass is 32.2. The van der Waals surface area contributed by atoms with Gasteiger partial charge in [-0.3, -0.25) is 14.2 Å². The second kappa shape index (κ2) is 7.16. The van der Waals surface area contributed by atoms with Crippen LogP contribution in [0.1, 0.15) is 10.4 Å². The average Bonchev–Trinajstić information content (AvgIpc) is 2.70. The molecule has 0 fully saturated rings. The van der Waals surface area contributed by atoms with Crippen LogP contribution in [-0.2, 0) is 7.05 Å². The molecule has 1 heterocycles. The van der Waals surface area contributed by atoms with Crippen molar-refractivity contribution in [1.29, 1.82) is 0 Å². The quantitative estimate of drug-likeness (QED) is 0.223. The lowest BCUT2D eigenvalue weighted by atomic mass is 10.1. The van der Waals surface area contributed by atoms with E-state index in [9.17, 15) is 18.4 Å². The van der Waals surface area contributed by atoms with Crippen LogP contribution in [-0.4, -0.2) is 21.1 Å². The second-order valence-electron chi connectivity index (χ2n) is 6.31. The standard InChI is InChI=1S/C21H14F2N2O2S/c1-25-20(27)16-8-12-4-2-3-5-13(12)9-18(16)24-21(25)28-11-19(26)15-10-14(22)6-7-17(15)23/h2-10H,11H2,1H3. The topological polar surface area (TPSA) is 52.0 Å². The first-order valence-electron chi connectivity index (χ1n) is 8.44. The zero-order valence-electron chi connectivity index (χ0n) is 14.8. The van der Waals surface area contributed by atoms with E-state index in [1.165, 1.54) is 4.57 Å². The number of Topliss-reactive ketones (excluding diaryl/α,β-unsaturated/α-hetero) is 1.